The number of hydrogen-bond acceptors (Lipinski definition) is 0. The van der Waals surface area contributed by atoms with E-state index in [0.29, 0.717) is 0 Å². The third kappa shape index (κ3) is 3.85. The second-order valence-electron chi connectivity index (χ2n) is 11.7. The van der Waals surface area contributed by atoms with E-state index in [9.17, 15) is 0 Å². The lowest BCUT2D eigenvalue weighted by atomic mass is 9.84. The van der Waals surface area contributed by atoms with Crippen LogP contribution in [-0.4, -0.2) is 0 Å². The van der Waals surface area contributed by atoms with Crippen molar-refractivity contribution in [2.24, 2.45) is 0 Å². The van der Waals surface area contributed by atoms with Gasteiger partial charge in [-0.1, -0.05) is 158 Å². The Morgan fingerprint density at radius 3 is 1.43 bits per heavy atom. The minimum Gasteiger partial charge on any atom is -0.0616 e. The van der Waals surface area contributed by atoms with Crippen molar-refractivity contribution in [2.75, 3.05) is 0 Å². The van der Waals surface area contributed by atoms with E-state index in [-0.39, 0.29) is 0 Å². The van der Waals surface area contributed by atoms with E-state index in [1.165, 1.54) is 87.2 Å². The SMILES string of the molecule is c1ccc2cc(-c3c4ccccc4c(-c4cccc5cc(-c6cccc7ccccc67)ccc45)c4ccccc34)ccc2c1. The van der Waals surface area contributed by atoms with Gasteiger partial charge in [0.1, 0.15) is 0 Å². The molecule has 0 N–H and O–H groups in total. The molecule has 9 rings (SSSR count). The highest BCUT2D eigenvalue weighted by Gasteiger charge is 2.18. The summed E-state index contributed by atoms with van der Waals surface area (Å²) in [6.45, 7) is 0. The van der Waals surface area contributed by atoms with Crippen LogP contribution in [0.15, 0.2) is 170 Å². The fourth-order valence-electron chi connectivity index (χ4n) is 7.22. The lowest BCUT2D eigenvalue weighted by Gasteiger charge is -2.19. The Hall–Kier alpha value is -5.72. The van der Waals surface area contributed by atoms with E-state index >= 15 is 0 Å². The highest BCUT2D eigenvalue weighted by atomic mass is 14.2. The quantitative estimate of drug-likeness (QED) is 0.190. The molecule has 204 valence electrons. The molecule has 0 aliphatic rings. The normalized spacial score (nSPS) is 11.6. The first kappa shape index (κ1) is 24.8. The number of hydrogen-bond donors (Lipinski definition) is 0. The Kier molecular flexibility index (Phi) is 5.61. The van der Waals surface area contributed by atoms with Crippen molar-refractivity contribution in [1.82, 2.24) is 0 Å². The van der Waals surface area contributed by atoms with Crippen molar-refractivity contribution in [3.05, 3.63) is 170 Å². The Morgan fingerprint density at radius 1 is 0.227 bits per heavy atom. The zero-order valence-electron chi connectivity index (χ0n) is 24.2. The molecule has 9 aromatic rings. The van der Waals surface area contributed by atoms with Crippen LogP contribution in [-0.2, 0) is 0 Å². The van der Waals surface area contributed by atoms with Gasteiger partial charge in [-0.15, -0.1) is 0 Å². The van der Waals surface area contributed by atoms with Crippen LogP contribution in [0.1, 0.15) is 0 Å². The zero-order valence-corrected chi connectivity index (χ0v) is 24.2. The van der Waals surface area contributed by atoms with Crippen LogP contribution in [0, 0.1) is 0 Å². The molecule has 0 heterocycles. The predicted molar refractivity (Wildman–Crippen MR) is 190 cm³/mol. The molecular formula is C44H28. The number of rotatable bonds is 3. The lowest BCUT2D eigenvalue weighted by Crippen LogP contribution is -1.92. The summed E-state index contributed by atoms with van der Waals surface area (Å²) in [5.41, 5.74) is 7.62. The van der Waals surface area contributed by atoms with Gasteiger partial charge in [0.05, 0.1) is 0 Å². The van der Waals surface area contributed by atoms with Crippen LogP contribution in [0.3, 0.4) is 0 Å². The molecule has 0 aliphatic heterocycles. The largest absolute Gasteiger partial charge is 0.0616 e. The van der Waals surface area contributed by atoms with E-state index in [0.717, 1.165) is 0 Å². The summed E-state index contributed by atoms with van der Waals surface area (Å²) in [7, 11) is 0. The molecule has 0 aliphatic carbocycles. The maximum atomic E-state index is 2.36. The average Bonchev–Trinajstić information content (AvgIpc) is 3.09. The fraction of sp³-hybridized carbons (Fsp3) is 0. The smallest absolute Gasteiger partial charge is 0.00201 e. The molecule has 0 fully saturated rings. The third-order valence-corrected chi connectivity index (χ3v) is 9.22. The monoisotopic (exact) mass is 556 g/mol. The molecule has 0 unspecified atom stereocenters. The van der Waals surface area contributed by atoms with E-state index in [2.05, 4.69) is 170 Å². The minimum absolute atomic E-state index is 1.24. The Balaban J connectivity index is 1.31. The Bertz CT molecular complexity index is 2490. The molecule has 0 bridgehead atoms. The van der Waals surface area contributed by atoms with E-state index in [1.807, 2.05) is 0 Å². The van der Waals surface area contributed by atoms with Gasteiger partial charge in [0.15, 0.2) is 0 Å². The standard InChI is InChI=1S/C44H28/c1-2-13-31-27-34(24-23-29(31)11-1)43-39-17-5-7-19-41(39)44(42-20-8-6-18-40(42)43)38-22-10-15-32-28-33(25-26-37(32)38)36-21-9-14-30-12-3-4-16-35(30)36/h1-28H. The van der Waals surface area contributed by atoms with Crippen molar-refractivity contribution < 1.29 is 0 Å². The summed E-state index contributed by atoms with van der Waals surface area (Å²) in [5.74, 6) is 0. The molecule has 0 saturated heterocycles. The van der Waals surface area contributed by atoms with Crippen LogP contribution >= 0.6 is 0 Å². The topological polar surface area (TPSA) is 0 Å². The predicted octanol–water partition coefficient (Wildman–Crippen LogP) is 12.5. The molecule has 44 heavy (non-hydrogen) atoms. The molecular weight excluding hydrogens is 528 g/mol. The van der Waals surface area contributed by atoms with Crippen molar-refractivity contribution in [1.29, 1.82) is 0 Å². The lowest BCUT2D eigenvalue weighted by molar-refractivity contribution is 1.66. The maximum absolute atomic E-state index is 2.36. The highest BCUT2D eigenvalue weighted by Crippen LogP contribution is 2.46. The van der Waals surface area contributed by atoms with Crippen LogP contribution in [0.4, 0.5) is 0 Å². The Labute approximate surface area is 256 Å². The van der Waals surface area contributed by atoms with Gasteiger partial charge in [-0.3, -0.25) is 0 Å². The third-order valence-electron chi connectivity index (χ3n) is 9.22. The highest BCUT2D eigenvalue weighted by molar-refractivity contribution is 6.24. The molecule has 0 spiro atoms. The first-order valence-electron chi connectivity index (χ1n) is 15.3. The number of fused-ring (bicyclic) bond motifs is 5. The number of benzene rings is 9. The van der Waals surface area contributed by atoms with Gasteiger partial charge in [0.25, 0.3) is 0 Å². The summed E-state index contributed by atoms with van der Waals surface area (Å²) in [4.78, 5) is 0. The van der Waals surface area contributed by atoms with E-state index in [1.54, 1.807) is 0 Å². The molecule has 0 nitrogen and oxygen atoms in total. The van der Waals surface area contributed by atoms with Gasteiger partial charge >= 0.3 is 0 Å². The molecule has 0 atom stereocenters. The minimum atomic E-state index is 1.24. The molecule has 9 aromatic carbocycles. The maximum Gasteiger partial charge on any atom is -0.00201 e. The Morgan fingerprint density at radius 2 is 0.705 bits per heavy atom. The average molecular weight is 557 g/mol. The molecule has 0 saturated carbocycles. The van der Waals surface area contributed by atoms with E-state index < -0.39 is 0 Å². The van der Waals surface area contributed by atoms with Crippen LogP contribution in [0.5, 0.6) is 0 Å². The second-order valence-corrected chi connectivity index (χ2v) is 11.7. The molecule has 0 aromatic heterocycles. The first-order valence-corrected chi connectivity index (χ1v) is 15.3. The first-order chi connectivity index (χ1) is 21.8. The summed E-state index contributed by atoms with van der Waals surface area (Å²) >= 11 is 0. The summed E-state index contributed by atoms with van der Waals surface area (Å²) in [6.07, 6.45) is 0. The molecule has 0 heteroatoms. The van der Waals surface area contributed by atoms with Crippen molar-refractivity contribution in [3.8, 4) is 33.4 Å². The van der Waals surface area contributed by atoms with Gasteiger partial charge in [-0.2, -0.15) is 0 Å². The second kappa shape index (κ2) is 9.93. The van der Waals surface area contributed by atoms with Gasteiger partial charge in [0.2, 0.25) is 0 Å². The van der Waals surface area contributed by atoms with Crippen molar-refractivity contribution >= 4 is 53.9 Å². The van der Waals surface area contributed by atoms with Crippen molar-refractivity contribution in [2.45, 2.75) is 0 Å². The summed E-state index contributed by atoms with van der Waals surface area (Å²) in [6, 6.07) is 62.3. The van der Waals surface area contributed by atoms with E-state index in [4.69, 9.17) is 0 Å². The summed E-state index contributed by atoms with van der Waals surface area (Å²) in [5, 5.41) is 12.7. The van der Waals surface area contributed by atoms with Gasteiger partial charge in [0, 0.05) is 0 Å². The zero-order chi connectivity index (χ0) is 29.0. The van der Waals surface area contributed by atoms with Crippen LogP contribution < -0.4 is 0 Å². The van der Waals surface area contributed by atoms with Gasteiger partial charge in [-0.05, 0) is 99.4 Å². The van der Waals surface area contributed by atoms with Crippen LogP contribution in [0.2, 0.25) is 0 Å². The van der Waals surface area contributed by atoms with Crippen molar-refractivity contribution in [3.63, 3.8) is 0 Å². The van der Waals surface area contributed by atoms with Crippen LogP contribution in [0.25, 0.3) is 87.2 Å². The summed E-state index contributed by atoms with van der Waals surface area (Å²) < 4.78 is 0. The van der Waals surface area contributed by atoms with Gasteiger partial charge < -0.3 is 0 Å². The molecule has 0 amide bonds. The molecule has 0 radical (unpaired) electrons. The fourth-order valence-corrected chi connectivity index (χ4v) is 7.22. The van der Waals surface area contributed by atoms with Gasteiger partial charge in [-0.25, -0.2) is 0 Å².